The molecule has 0 saturated carbocycles. The lowest BCUT2D eigenvalue weighted by molar-refractivity contribution is 0.180. The number of rotatable bonds is 8. The highest BCUT2D eigenvalue weighted by Gasteiger charge is 2.12. The summed E-state index contributed by atoms with van der Waals surface area (Å²) in [6, 6.07) is 25.6. The topological polar surface area (TPSA) is 33.7 Å². The van der Waals surface area contributed by atoms with Gasteiger partial charge in [0.1, 0.15) is 12.4 Å². The van der Waals surface area contributed by atoms with Gasteiger partial charge >= 0.3 is 0 Å². The Hall–Kier alpha value is -3.57. The highest BCUT2D eigenvalue weighted by Crippen LogP contribution is 2.34. The van der Waals surface area contributed by atoms with Crippen LogP contribution < -0.4 is 14.8 Å². The van der Waals surface area contributed by atoms with Crippen molar-refractivity contribution in [3.05, 3.63) is 84.7 Å². The molecule has 0 aromatic heterocycles. The quantitative estimate of drug-likeness (QED) is 0.294. The van der Waals surface area contributed by atoms with E-state index in [1.54, 1.807) is 13.2 Å². The second kappa shape index (κ2) is 10.8. The fourth-order valence-corrected chi connectivity index (χ4v) is 4.68. The molecule has 5 rings (SSSR count). The van der Waals surface area contributed by atoms with Gasteiger partial charge in [0.05, 0.1) is 7.11 Å². The van der Waals surface area contributed by atoms with Crippen LogP contribution in [0.3, 0.4) is 0 Å². The van der Waals surface area contributed by atoms with Gasteiger partial charge in [-0.2, -0.15) is 0 Å². The maximum Gasteiger partial charge on any atom is 0.167 e. The summed E-state index contributed by atoms with van der Waals surface area (Å²) in [7, 11) is 1.68. The van der Waals surface area contributed by atoms with Crippen molar-refractivity contribution in [1.29, 1.82) is 0 Å². The smallest absolute Gasteiger partial charge is 0.167 e. The Balaban J connectivity index is 1.30. The third kappa shape index (κ3) is 5.57. The van der Waals surface area contributed by atoms with Crippen molar-refractivity contribution >= 4 is 22.1 Å². The monoisotopic (exact) mass is 470 g/mol. The number of benzene rings is 4. The average Bonchev–Trinajstić information content (AvgIpc) is 2.90. The van der Waals surface area contributed by atoms with Crippen LogP contribution in [0.1, 0.15) is 19.3 Å². The van der Waals surface area contributed by atoms with E-state index in [9.17, 15) is 4.39 Å². The van der Waals surface area contributed by atoms with Crippen molar-refractivity contribution in [2.45, 2.75) is 19.3 Å². The van der Waals surface area contributed by atoms with Crippen LogP contribution in [0, 0.1) is 5.82 Å². The molecule has 4 nitrogen and oxygen atoms in total. The van der Waals surface area contributed by atoms with Gasteiger partial charge in [-0.3, -0.25) is 4.90 Å². The van der Waals surface area contributed by atoms with Gasteiger partial charge in [-0.25, -0.2) is 4.39 Å². The maximum atomic E-state index is 14.8. The van der Waals surface area contributed by atoms with Crippen LogP contribution in [0.25, 0.3) is 21.9 Å². The Morgan fingerprint density at radius 1 is 0.857 bits per heavy atom. The van der Waals surface area contributed by atoms with Gasteiger partial charge in [0.15, 0.2) is 11.6 Å². The van der Waals surface area contributed by atoms with E-state index in [0.717, 1.165) is 53.0 Å². The Labute approximate surface area is 206 Å². The number of hydrogen-bond acceptors (Lipinski definition) is 4. The number of para-hydroxylation sites is 1. The molecular formula is C30H31FN2O2. The van der Waals surface area contributed by atoms with Gasteiger partial charge in [0.2, 0.25) is 0 Å². The summed E-state index contributed by atoms with van der Waals surface area (Å²) >= 11 is 0. The number of ether oxygens (including phenoxy) is 2. The lowest BCUT2D eigenvalue weighted by atomic mass is 9.99. The van der Waals surface area contributed by atoms with E-state index in [-0.39, 0.29) is 5.82 Å². The summed E-state index contributed by atoms with van der Waals surface area (Å²) in [5, 5.41) is 5.65. The number of nitrogens with zero attached hydrogens (tertiary/aromatic N) is 1. The van der Waals surface area contributed by atoms with Crippen LogP contribution in [-0.2, 0) is 0 Å². The van der Waals surface area contributed by atoms with Gasteiger partial charge in [-0.15, -0.1) is 0 Å². The van der Waals surface area contributed by atoms with E-state index in [2.05, 4.69) is 40.5 Å². The summed E-state index contributed by atoms with van der Waals surface area (Å²) in [4.78, 5) is 2.39. The SMILES string of the molecule is COc1ccc2cc(-c3ccccc3Nc3ccc(OCCN4CCCCC4)c(F)c3)ccc2c1. The second-order valence-electron chi connectivity index (χ2n) is 8.99. The third-order valence-corrected chi connectivity index (χ3v) is 6.61. The van der Waals surface area contributed by atoms with Crippen LogP contribution in [0.4, 0.5) is 15.8 Å². The molecule has 5 heteroatoms. The van der Waals surface area contributed by atoms with Crippen LogP contribution in [0.5, 0.6) is 11.5 Å². The number of fused-ring (bicyclic) bond motifs is 1. The number of piperidine rings is 1. The average molecular weight is 471 g/mol. The third-order valence-electron chi connectivity index (χ3n) is 6.61. The van der Waals surface area contributed by atoms with Gasteiger partial charge in [0.25, 0.3) is 0 Å². The number of anilines is 2. The Kier molecular flexibility index (Phi) is 7.15. The number of halogens is 1. The van der Waals surface area contributed by atoms with E-state index >= 15 is 0 Å². The molecule has 0 aliphatic carbocycles. The van der Waals surface area contributed by atoms with Gasteiger partial charge in [-0.1, -0.05) is 42.8 Å². The molecule has 4 aromatic carbocycles. The lowest BCUT2D eigenvalue weighted by Gasteiger charge is -2.26. The molecule has 1 N–H and O–H groups in total. The summed E-state index contributed by atoms with van der Waals surface area (Å²) < 4.78 is 25.9. The predicted octanol–water partition coefficient (Wildman–Crippen LogP) is 7.26. The zero-order valence-electron chi connectivity index (χ0n) is 20.1. The standard InChI is InChI=1S/C30H31FN2O2/c1-34-26-13-11-22-19-24(10-9-23(22)20-26)27-7-3-4-8-29(27)32-25-12-14-30(28(31)21-25)35-18-17-33-15-5-2-6-16-33/h3-4,7-14,19-21,32H,2,5-6,15-18H2,1H3. The van der Waals surface area contributed by atoms with Crippen molar-refractivity contribution in [1.82, 2.24) is 4.90 Å². The van der Waals surface area contributed by atoms with Gasteiger partial charge < -0.3 is 14.8 Å². The van der Waals surface area contributed by atoms with Crippen LogP contribution in [-0.4, -0.2) is 38.3 Å². The molecule has 1 aliphatic rings. The molecule has 1 aliphatic heterocycles. The Bertz CT molecular complexity index is 1300. The molecule has 0 atom stereocenters. The lowest BCUT2D eigenvalue weighted by Crippen LogP contribution is -2.33. The van der Waals surface area contributed by atoms with Gasteiger partial charge in [-0.05, 0) is 78.7 Å². The zero-order valence-corrected chi connectivity index (χ0v) is 20.1. The van der Waals surface area contributed by atoms with Crippen molar-refractivity contribution in [2.24, 2.45) is 0 Å². The molecule has 0 radical (unpaired) electrons. The highest BCUT2D eigenvalue weighted by atomic mass is 19.1. The molecular weight excluding hydrogens is 439 g/mol. The van der Waals surface area contributed by atoms with E-state index in [1.807, 2.05) is 36.4 Å². The van der Waals surface area contributed by atoms with E-state index in [0.29, 0.717) is 18.0 Å². The molecule has 0 amide bonds. The second-order valence-corrected chi connectivity index (χ2v) is 8.99. The number of nitrogens with one attached hydrogen (secondary N) is 1. The minimum Gasteiger partial charge on any atom is -0.497 e. The molecule has 0 bridgehead atoms. The molecule has 0 unspecified atom stereocenters. The Morgan fingerprint density at radius 3 is 2.49 bits per heavy atom. The summed E-state index contributed by atoms with van der Waals surface area (Å²) in [5.41, 5.74) is 3.73. The molecule has 1 saturated heterocycles. The summed E-state index contributed by atoms with van der Waals surface area (Å²) in [6.07, 6.45) is 3.79. The van der Waals surface area contributed by atoms with E-state index < -0.39 is 0 Å². The summed E-state index contributed by atoms with van der Waals surface area (Å²) in [5.74, 6) is 0.782. The van der Waals surface area contributed by atoms with Crippen LogP contribution in [0.15, 0.2) is 78.9 Å². The highest BCUT2D eigenvalue weighted by molar-refractivity contribution is 5.91. The van der Waals surface area contributed by atoms with Crippen molar-refractivity contribution in [3.63, 3.8) is 0 Å². The van der Waals surface area contributed by atoms with Gasteiger partial charge in [0, 0.05) is 29.5 Å². The Morgan fingerprint density at radius 2 is 1.66 bits per heavy atom. The molecule has 4 aromatic rings. The van der Waals surface area contributed by atoms with Crippen molar-refractivity contribution in [3.8, 4) is 22.6 Å². The van der Waals surface area contributed by atoms with E-state index in [4.69, 9.17) is 9.47 Å². The van der Waals surface area contributed by atoms with Crippen molar-refractivity contribution in [2.75, 3.05) is 38.7 Å². The normalized spacial score (nSPS) is 14.1. The molecule has 0 spiro atoms. The van der Waals surface area contributed by atoms with Crippen LogP contribution >= 0.6 is 0 Å². The van der Waals surface area contributed by atoms with Crippen LogP contribution in [0.2, 0.25) is 0 Å². The largest absolute Gasteiger partial charge is 0.497 e. The summed E-state index contributed by atoms with van der Waals surface area (Å²) in [6.45, 7) is 3.56. The minimum absolute atomic E-state index is 0.297. The zero-order chi connectivity index (χ0) is 24.0. The molecule has 1 heterocycles. The molecule has 180 valence electrons. The van der Waals surface area contributed by atoms with E-state index in [1.165, 1.54) is 25.3 Å². The number of likely N-dealkylation sites (tertiary alicyclic amines) is 1. The minimum atomic E-state index is -0.356. The first kappa shape index (κ1) is 23.2. The predicted molar refractivity (Wildman–Crippen MR) is 141 cm³/mol. The molecule has 1 fully saturated rings. The molecule has 35 heavy (non-hydrogen) atoms. The fraction of sp³-hybridized carbons (Fsp3) is 0.267. The first-order chi connectivity index (χ1) is 17.2. The first-order valence-corrected chi connectivity index (χ1v) is 12.3. The number of methoxy groups -OCH3 is 1. The fourth-order valence-electron chi connectivity index (χ4n) is 4.68. The first-order valence-electron chi connectivity index (χ1n) is 12.3. The maximum absolute atomic E-state index is 14.8. The number of hydrogen-bond donors (Lipinski definition) is 1. The van der Waals surface area contributed by atoms with Crippen molar-refractivity contribution < 1.29 is 13.9 Å².